The number of rotatable bonds is 9. The summed E-state index contributed by atoms with van der Waals surface area (Å²) >= 11 is 6.63. The average Bonchev–Trinajstić information content (AvgIpc) is 3.10. The molecule has 34 heavy (non-hydrogen) atoms. The van der Waals surface area contributed by atoms with Crippen molar-refractivity contribution in [1.82, 2.24) is 14.3 Å². The number of hydrogen-bond acceptors (Lipinski definition) is 8. The minimum absolute atomic E-state index is 0.0642. The number of amides is 1. The van der Waals surface area contributed by atoms with E-state index in [9.17, 15) is 9.59 Å². The number of aryl methyl sites for hydroxylation is 1. The zero-order valence-electron chi connectivity index (χ0n) is 18.6. The molecule has 1 aliphatic rings. The van der Waals surface area contributed by atoms with Gasteiger partial charge >= 0.3 is 0 Å². The lowest BCUT2D eigenvalue weighted by Gasteiger charge is -2.14. The molecule has 1 amide bonds. The summed E-state index contributed by atoms with van der Waals surface area (Å²) in [6.07, 6.45) is 3.19. The van der Waals surface area contributed by atoms with Crippen LogP contribution in [0.25, 0.3) is 11.7 Å². The summed E-state index contributed by atoms with van der Waals surface area (Å²) in [7, 11) is 0. The summed E-state index contributed by atoms with van der Waals surface area (Å²) in [5, 5.41) is 12.0. The Balaban J connectivity index is 1.64. The van der Waals surface area contributed by atoms with Crippen molar-refractivity contribution in [3.05, 3.63) is 80.6 Å². The van der Waals surface area contributed by atoms with Gasteiger partial charge in [0.05, 0.1) is 36.8 Å². The van der Waals surface area contributed by atoms with Crippen molar-refractivity contribution < 1.29 is 14.6 Å². The Kier molecular flexibility index (Phi) is 7.73. The second kappa shape index (κ2) is 10.9. The summed E-state index contributed by atoms with van der Waals surface area (Å²) in [6, 6.07) is 13.2. The number of aromatic nitrogens is 2. The van der Waals surface area contributed by atoms with Crippen molar-refractivity contribution >= 4 is 51.7 Å². The largest absolute Gasteiger partial charge is 0.394 e. The molecule has 10 heteroatoms. The van der Waals surface area contributed by atoms with E-state index in [4.69, 9.17) is 22.1 Å². The second-order valence-electron chi connectivity index (χ2n) is 7.62. The Morgan fingerprint density at radius 2 is 1.97 bits per heavy atom. The molecule has 0 spiro atoms. The first-order valence-corrected chi connectivity index (χ1v) is 11.9. The molecule has 0 bridgehead atoms. The molecular formula is C24H24N4O4S2. The maximum atomic E-state index is 13.3. The maximum Gasteiger partial charge on any atom is 0.267 e. The third-order valence-electron chi connectivity index (χ3n) is 5.15. The van der Waals surface area contributed by atoms with Crippen molar-refractivity contribution in [3.8, 4) is 0 Å². The van der Waals surface area contributed by atoms with Crippen LogP contribution in [0.3, 0.4) is 0 Å². The van der Waals surface area contributed by atoms with Gasteiger partial charge in [0, 0.05) is 12.7 Å². The van der Waals surface area contributed by atoms with Gasteiger partial charge < -0.3 is 15.2 Å². The van der Waals surface area contributed by atoms with Crippen LogP contribution in [0.4, 0.5) is 5.82 Å². The number of anilines is 1. The van der Waals surface area contributed by atoms with Crippen LogP contribution >= 0.6 is 24.0 Å². The van der Waals surface area contributed by atoms with E-state index in [1.54, 1.807) is 35.4 Å². The molecule has 1 saturated heterocycles. The molecule has 0 aliphatic carbocycles. The van der Waals surface area contributed by atoms with Crippen molar-refractivity contribution in [1.29, 1.82) is 0 Å². The van der Waals surface area contributed by atoms with Gasteiger partial charge in [-0.1, -0.05) is 59.9 Å². The number of aliphatic hydroxyl groups excluding tert-OH is 1. The molecule has 1 fully saturated rings. The molecule has 176 valence electrons. The SMILES string of the molecule is Cc1ccc(CN2C(=O)/C(=C\c3c(NCCOCCO)nc4ccccn4c3=O)SC2=S)cc1. The highest BCUT2D eigenvalue weighted by Crippen LogP contribution is 2.34. The van der Waals surface area contributed by atoms with E-state index >= 15 is 0 Å². The number of hydrogen-bond donors (Lipinski definition) is 2. The van der Waals surface area contributed by atoms with Crippen LogP contribution < -0.4 is 10.9 Å². The van der Waals surface area contributed by atoms with Crippen LogP contribution in [-0.4, -0.2) is 56.0 Å². The molecule has 2 N–H and O–H groups in total. The zero-order valence-corrected chi connectivity index (χ0v) is 20.2. The van der Waals surface area contributed by atoms with Crippen molar-refractivity contribution in [2.24, 2.45) is 0 Å². The van der Waals surface area contributed by atoms with Crippen LogP contribution in [-0.2, 0) is 16.1 Å². The summed E-state index contributed by atoms with van der Waals surface area (Å²) in [5.74, 6) is 0.109. The van der Waals surface area contributed by atoms with Gasteiger partial charge in [-0.05, 0) is 30.7 Å². The van der Waals surface area contributed by atoms with Crippen LogP contribution in [0.15, 0.2) is 58.4 Å². The lowest BCUT2D eigenvalue weighted by Crippen LogP contribution is -2.27. The Labute approximate surface area is 206 Å². The fraction of sp³-hybridized carbons (Fsp3) is 0.250. The van der Waals surface area contributed by atoms with E-state index < -0.39 is 0 Å². The molecule has 4 rings (SSSR count). The molecule has 3 aromatic rings. The molecule has 0 saturated carbocycles. The molecule has 0 unspecified atom stereocenters. The molecule has 0 radical (unpaired) electrons. The predicted octanol–water partition coefficient (Wildman–Crippen LogP) is 2.83. The smallest absolute Gasteiger partial charge is 0.267 e. The first kappa shape index (κ1) is 24.1. The number of thiocarbonyl (C=S) groups is 1. The first-order chi connectivity index (χ1) is 16.5. The predicted molar refractivity (Wildman–Crippen MR) is 138 cm³/mol. The highest BCUT2D eigenvalue weighted by molar-refractivity contribution is 8.26. The average molecular weight is 497 g/mol. The number of nitrogens with zero attached hydrogens (tertiary/aromatic N) is 3. The van der Waals surface area contributed by atoms with Gasteiger partial charge in [0.25, 0.3) is 11.5 Å². The van der Waals surface area contributed by atoms with E-state index in [1.807, 2.05) is 31.2 Å². The topological polar surface area (TPSA) is 96.2 Å². The Bertz CT molecular complexity index is 1300. The van der Waals surface area contributed by atoms with Gasteiger partial charge in [0.15, 0.2) is 0 Å². The highest BCUT2D eigenvalue weighted by Gasteiger charge is 2.32. The van der Waals surface area contributed by atoms with Gasteiger partial charge in [-0.25, -0.2) is 4.98 Å². The van der Waals surface area contributed by atoms with Crippen molar-refractivity contribution in [2.45, 2.75) is 13.5 Å². The number of nitrogens with one attached hydrogen (secondary N) is 1. The van der Waals surface area contributed by atoms with Crippen molar-refractivity contribution in [3.63, 3.8) is 0 Å². The Morgan fingerprint density at radius 3 is 2.74 bits per heavy atom. The second-order valence-corrected chi connectivity index (χ2v) is 9.30. The maximum absolute atomic E-state index is 13.3. The highest BCUT2D eigenvalue weighted by atomic mass is 32.2. The quantitative estimate of drug-likeness (QED) is 0.265. The third kappa shape index (κ3) is 5.36. The Morgan fingerprint density at radius 1 is 1.18 bits per heavy atom. The number of aliphatic hydroxyl groups is 1. The summed E-state index contributed by atoms with van der Waals surface area (Å²) in [6.45, 7) is 3.24. The molecule has 1 aliphatic heterocycles. The monoisotopic (exact) mass is 496 g/mol. The summed E-state index contributed by atoms with van der Waals surface area (Å²) in [4.78, 5) is 32.9. The van der Waals surface area contributed by atoms with Gasteiger partial charge in [0.1, 0.15) is 15.8 Å². The third-order valence-corrected chi connectivity index (χ3v) is 6.53. The van der Waals surface area contributed by atoms with Gasteiger partial charge in [0.2, 0.25) is 0 Å². The number of carbonyl (C=O) groups excluding carboxylic acids is 1. The number of carbonyl (C=O) groups is 1. The van der Waals surface area contributed by atoms with E-state index in [1.165, 1.54) is 16.2 Å². The van der Waals surface area contributed by atoms with Crippen LogP contribution in [0, 0.1) is 6.92 Å². The summed E-state index contributed by atoms with van der Waals surface area (Å²) < 4.78 is 7.16. The van der Waals surface area contributed by atoms with E-state index in [0.29, 0.717) is 40.4 Å². The minimum Gasteiger partial charge on any atom is -0.394 e. The van der Waals surface area contributed by atoms with Crippen LogP contribution in [0.2, 0.25) is 0 Å². The lowest BCUT2D eigenvalue weighted by molar-refractivity contribution is -0.122. The van der Waals surface area contributed by atoms with Gasteiger partial charge in [-0.15, -0.1) is 0 Å². The lowest BCUT2D eigenvalue weighted by atomic mass is 10.1. The molecule has 8 nitrogen and oxygen atoms in total. The standard InChI is InChI=1S/C24H24N4O4S2/c1-16-5-7-17(8-6-16)15-28-23(31)19(34-24(28)33)14-18-21(25-9-12-32-13-11-29)26-20-4-2-3-10-27(20)22(18)30/h2-8,10,14,25,29H,9,11-13,15H2,1H3/b19-14+. The van der Waals surface area contributed by atoms with Gasteiger partial charge in [-0.3, -0.25) is 18.9 Å². The van der Waals surface area contributed by atoms with E-state index in [-0.39, 0.29) is 30.2 Å². The normalized spacial score (nSPS) is 15.0. The van der Waals surface area contributed by atoms with Gasteiger partial charge in [-0.2, -0.15) is 0 Å². The zero-order chi connectivity index (χ0) is 24.1. The molecule has 2 aromatic heterocycles. The fourth-order valence-corrected chi connectivity index (χ4v) is 4.66. The molecule has 3 heterocycles. The van der Waals surface area contributed by atoms with E-state index in [0.717, 1.165) is 11.1 Å². The summed E-state index contributed by atoms with van der Waals surface area (Å²) in [5.41, 5.74) is 2.56. The minimum atomic E-state index is -0.298. The number of ether oxygens (including phenoxy) is 1. The number of benzene rings is 1. The molecular weight excluding hydrogens is 472 g/mol. The number of thioether (sulfide) groups is 1. The van der Waals surface area contributed by atoms with Crippen LogP contribution in [0.1, 0.15) is 16.7 Å². The number of fused-ring (bicyclic) bond motifs is 1. The van der Waals surface area contributed by atoms with E-state index in [2.05, 4.69) is 10.3 Å². The van der Waals surface area contributed by atoms with Crippen LogP contribution in [0.5, 0.6) is 0 Å². The number of pyridine rings is 1. The first-order valence-electron chi connectivity index (χ1n) is 10.7. The fourth-order valence-electron chi connectivity index (χ4n) is 3.42. The Hall–Kier alpha value is -3.05. The molecule has 0 atom stereocenters. The molecule has 1 aromatic carbocycles. The van der Waals surface area contributed by atoms with Crippen molar-refractivity contribution in [2.75, 3.05) is 31.7 Å².